The van der Waals surface area contributed by atoms with Crippen molar-refractivity contribution in [1.29, 1.82) is 0 Å². The number of ether oxygens (including phenoxy) is 1. The van der Waals surface area contributed by atoms with Gasteiger partial charge in [0.1, 0.15) is 12.4 Å². The maximum absolute atomic E-state index is 6.24. The number of benzene rings is 2. The third-order valence-electron chi connectivity index (χ3n) is 3.22. The van der Waals surface area contributed by atoms with Crippen LogP contribution in [0.25, 0.3) is 5.69 Å². The predicted molar refractivity (Wildman–Crippen MR) is 89.3 cm³/mol. The summed E-state index contributed by atoms with van der Waals surface area (Å²) < 4.78 is 8.04. The first-order chi connectivity index (χ1) is 10.6. The average Bonchev–Trinajstić information content (AvgIpc) is 2.88. The van der Waals surface area contributed by atoms with E-state index in [1.165, 1.54) is 5.56 Å². The molecule has 0 aliphatic carbocycles. The van der Waals surface area contributed by atoms with Gasteiger partial charge in [0.05, 0.1) is 10.7 Å². The van der Waals surface area contributed by atoms with Crippen LogP contribution in [0, 0.1) is 11.7 Å². The standard InChI is InChI=1S/C16H14ClN3OS/c1-11-6-8-12(9-7-11)21-10-15-18-19-16(22)20(15)14-5-3-2-4-13(14)17/h2-9H,10H2,1H3,(H,19,22). The van der Waals surface area contributed by atoms with Gasteiger partial charge in [0, 0.05) is 0 Å². The molecule has 0 aliphatic heterocycles. The molecule has 0 fully saturated rings. The summed E-state index contributed by atoms with van der Waals surface area (Å²) in [6, 6.07) is 15.3. The zero-order valence-electron chi connectivity index (χ0n) is 11.9. The minimum atomic E-state index is 0.293. The second-order valence-corrected chi connectivity index (χ2v) is 5.63. The summed E-state index contributed by atoms with van der Waals surface area (Å²) in [4.78, 5) is 0. The number of aromatic nitrogens is 3. The smallest absolute Gasteiger partial charge is 0.200 e. The van der Waals surface area contributed by atoms with Gasteiger partial charge in [-0.3, -0.25) is 9.67 Å². The Morgan fingerprint density at radius 2 is 1.91 bits per heavy atom. The highest BCUT2D eigenvalue weighted by atomic mass is 35.5. The van der Waals surface area contributed by atoms with E-state index in [-0.39, 0.29) is 0 Å². The van der Waals surface area contributed by atoms with Crippen LogP contribution >= 0.6 is 23.8 Å². The summed E-state index contributed by atoms with van der Waals surface area (Å²) in [6.07, 6.45) is 0. The summed E-state index contributed by atoms with van der Waals surface area (Å²) in [6.45, 7) is 2.33. The second-order valence-electron chi connectivity index (χ2n) is 4.83. The van der Waals surface area contributed by atoms with Crippen molar-refractivity contribution in [2.45, 2.75) is 13.5 Å². The van der Waals surface area contributed by atoms with E-state index >= 15 is 0 Å². The third kappa shape index (κ3) is 3.05. The molecule has 3 rings (SSSR count). The maximum atomic E-state index is 6.24. The summed E-state index contributed by atoms with van der Waals surface area (Å²) >= 11 is 11.5. The topological polar surface area (TPSA) is 42.8 Å². The molecule has 0 bridgehead atoms. The van der Waals surface area contributed by atoms with Crippen LogP contribution in [0.4, 0.5) is 0 Å². The van der Waals surface area contributed by atoms with Gasteiger partial charge in [-0.05, 0) is 43.4 Å². The number of H-pyrrole nitrogens is 1. The van der Waals surface area contributed by atoms with Gasteiger partial charge in [0.15, 0.2) is 10.6 Å². The largest absolute Gasteiger partial charge is 0.486 e. The molecule has 0 radical (unpaired) electrons. The Kier molecular flexibility index (Phi) is 4.27. The molecule has 0 aliphatic rings. The van der Waals surface area contributed by atoms with Crippen molar-refractivity contribution in [2.24, 2.45) is 0 Å². The lowest BCUT2D eigenvalue weighted by Crippen LogP contribution is -2.06. The number of para-hydroxylation sites is 1. The zero-order chi connectivity index (χ0) is 15.5. The van der Waals surface area contributed by atoms with Gasteiger partial charge >= 0.3 is 0 Å². The third-order valence-corrected chi connectivity index (χ3v) is 3.82. The average molecular weight is 332 g/mol. The van der Waals surface area contributed by atoms with Crippen molar-refractivity contribution in [2.75, 3.05) is 0 Å². The fourth-order valence-electron chi connectivity index (χ4n) is 2.09. The van der Waals surface area contributed by atoms with Crippen LogP contribution in [-0.4, -0.2) is 14.8 Å². The number of rotatable bonds is 4. The molecule has 3 aromatic rings. The van der Waals surface area contributed by atoms with Crippen molar-refractivity contribution >= 4 is 23.8 Å². The van der Waals surface area contributed by atoms with Gasteiger partial charge in [0.2, 0.25) is 0 Å². The molecule has 0 saturated heterocycles. The molecule has 22 heavy (non-hydrogen) atoms. The zero-order valence-corrected chi connectivity index (χ0v) is 13.5. The molecule has 0 atom stereocenters. The Morgan fingerprint density at radius 3 is 2.64 bits per heavy atom. The minimum absolute atomic E-state index is 0.293. The molecular formula is C16H14ClN3OS. The normalized spacial score (nSPS) is 10.6. The number of aromatic amines is 1. The summed E-state index contributed by atoms with van der Waals surface area (Å²) in [5.74, 6) is 1.45. The molecule has 1 heterocycles. The van der Waals surface area contributed by atoms with Gasteiger partial charge in [-0.15, -0.1) is 0 Å². The molecule has 1 aromatic heterocycles. The van der Waals surface area contributed by atoms with E-state index in [2.05, 4.69) is 10.2 Å². The number of nitrogens with zero attached hydrogens (tertiary/aromatic N) is 2. The highest BCUT2D eigenvalue weighted by Crippen LogP contribution is 2.22. The van der Waals surface area contributed by atoms with E-state index in [4.69, 9.17) is 28.6 Å². The van der Waals surface area contributed by atoms with E-state index in [9.17, 15) is 0 Å². The summed E-state index contributed by atoms with van der Waals surface area (Å²) in [5, 5.41) is 7.62. The molecule has 0 amide bonds. The van der Waals surface area contributed by atoms with Gasteiger partial charge < -0.3 is 4.74 Å². The molecule has 6 heteroatoms. The van der Waals surface area contributed by atoms with Crippen LogP contribution in [0.5, 0.6) is 5.75 Å². The number of aryl methyl sites for hydroxylation is 1. The van der Waals surface area contributed by atoms with Gasteiger partial charge in [-0.25, -0.2) is 0 Å². The monoisotopic (exact) mass is 331 g/mol. The lowest BCUT2D eigenvalue weighted by atomic mass is 10.2. The van der Waals surface area contributed by atoms with Gasteiger partial charge in [-0.2, -0.15) is 5.10 Å². The lowest BCUT2D eigenvalue weighted by Gasteiger charge is -2.10. The van der Waals surface area contributed by atoms with Crippen LogP contribution in [0.1, 0.15) is 11.4 Å². The molecule has 112 valence electrons. The van der Waals surface area contributed by atoms with E-state index < -0.39 is 0 Å². The van der Waals surface area contributed by atoms with Crippen LogP contribution in [-0.2, 0) is 6.61 Å². The summed E-state index contributed by atoms with van der Waals surface area (Å²) in [5.41, 5.74) is 1.97. The first kappa shape index (κ1) is 14.8. The molecule has 0 saturated carbocycles. The Balaban J connectivity index is 1.88. The lowest BCUT2D eigenvalue weighted by molar-refractivity contribution is 0.293. The molecule has 2 aromatic carbocycles. The van der Waals surface area contributed by atoms with E-state index in [1.54, 1.807) is 4.57 Å². The Bertz CT molecular complexity index is 839. The molecule has 1 N–H and O–H groups in total. The number of nitrogens with one attached hydrogen (secondary N) is 1. The van der Waals surface area contributed by atoms with Crippen molar-refractivity contribution < 1.29 is 4.74 Å². The van der Waals surface area contributed by atoms with Crippen molar-refractivity contribution in [3.05, 3.63) is 69.7 Å². The summed E-state index contributed by atoms with van der Waals surface area (Å²) in [7, 11) is 0. The SMILES string of the molecule is Cc1ccc(OCc2n[nH]c(=S)n2-c2ccccc2Cl)cc1. The van der Waals surface area contributed by atoms with E-state index in [0.717, 1.165) is 11.4 Å². The Labute approximate surface area is 138 Å². The van der Waals surface area contributed by atoms with Crippen LogP contribution in [0.3, 0.4) is 0 Å². The van der Waals surface area contributed by atoms with Crippen molar-refractivity contribution in [1.82, 2.24) is 14.8 Å². The number of hydrogen-bond donors (Lipinski definition) is 1. The Hall–Kier alpha value is -2.11. The van der Waals surface area contributed by atoms with E-state index in [1.807, 2.05) is 55.5 Å². The number of hydrogen-bond acceptors (Lipinski definition) is 3. The minimum Gasteiger partial charge on any atom is -0.486 e. The van der Waals surface area contributed by atoms with Crippen molar-refractivity contribution in [3.63, 3.8) is 0 Å². The molecule has 0 unspecified atom stereocenters. The predicted octanol–water partition coefficient (Wildman–Crippen LogP) is 4.47. The molecular weight excluding hydrogens is 318 g/mol. The maximum Gasteiger partial charge on any atom is 0.200 e. The molecule has 4 nitrogen and oxygen atoms in total. The second kappa shape index (κ2) is 6.34. The Morgan fingerprint density at radius 1 is 1.18 bits per heavy atom. The highest BCUT2D eigenvalue weighted by Gasteiger charge is 2.11. The number of halogens is 1. The van der Waals surface area contributed by atoms with Gasteiger partial charge in [-0.1, -0.05) is 41.4 Å². The fraction of sp³-hybridized carbons (Fsp3) is 0.125. The van der Waals surface area contributed by atoms with Crippen LogP contribution in [0.2, 0.25) is 5.02 Å². The first-order valence-electron chi connectivity index (χ1n) is 6.76. The van der Waals surface area contributed by atoms with Crippen LogP contribution < -0.4 is 4.74 Å². The van der Waals surface area contributed by atoms with Crippen LogP contribution in [0.15, 0.2) is 48.5 Å². The fourth-order valence-corrected chi connectivity index (χ4v) is 2.56. The van der Waals surface area contributed by atoms with E-state index in [0.29, 0.717) is 22.2 Å². The first-order valence-corrected chi connectivity index (χ1v) is 7.54. The highest BCUT2D eigenvalue weighted by molar-refractivity contribution is 7.71. The van der Waals surface area contributed by atoms with Crippen molar-refractivity contribution in [3.8, 4) is 11.4 Å². The molecule has 0 spiro atoms. The van der Waals surface area contributed by atoms with Gasteiger partial charge in [0.25, 0.3) is 0 Å². The quantitative estimate of drug-likeness (QED) is 0.717.